The van der Waals surface area contributed by atoms with E-state index in [-0.39, 0.29) is 18.1 Å². The number of hydrogen-bond donors (Lipinski definition) is 1. The number of carbonyl (C=O) groups excluding carboxylic acids is 2. The van der Waals surface area contributed by atoms with E-state index in [4.69, 9.17) is 25.6 Å². The van der Waals surface area contributed by atoms with Crippen LogP contribution in [0.15, 0.2) is 22.6 Å². The lowest BCUT2D eigenvalue weighted by Gasteiger charge is -2.13. The molecule has 8 heteroatoms. The van der Waals surface area contributed by atoms with Crippen molar-refractivity contribution < 1.29 is 23.6 Å². The summed E-state index contributed by atoms with van der Waals surface area (Å²) in [6, 6.07) is 4.82. The van der Waals surface area contributed by atoms with Gasteiger partial charge in [-0.1, -0.05) is 11.6 Å². The van der Waals surface area contributed by atoms with E-state index in [0.717, 1.165) is 5.06 Å². The Balaban J connectivity index is 2.54. The molecule has 7 nitrogen and oxygen atoms in total. The summed E-state index contributed by atoms with van der Waals surface area (Å²) in [5.41, 5.74) is 0.592. The third kappa shape index (κ3) is 3.15. The van der Waals surface area contributed by atoms with Crippen molar-refractivity contribution in [2.45, 2.75) is 6.92 Å². The van der Waals surface area contributed by atoms with E-state index in [0.29, 0.717) is 16.0 Å². The molecule has 1 N–H and O–H groups in total. The van der Waals surface area contributed by atoms with Gasteiger partial charge in [0.2, 0.25) is 5.76 Å². The zero-order valence-electron chi connectivity index (χ0n) is 12.3. The Hall–Kier alpha value is -2.25. The Morgan fingerprint density at radius 2 is 2.14 bits per heavy atom. The standard InChI is InChI=1S/C14H15ClN2O5/c1-4-21-14(19)16-11-9-7-8(15)5-6-10(9)22-12(11)13(18)17(2)20-3/h5-7H,4H2,1-3H3,(H,16,19). The molecule has 1 heterocycles. The van der Waals surface area contributed by atoms with Crippen LogP contribution in [0.1, 0.15) is 17.5 Å². The first-order valence-electron chi connectivity index (χ1n) is 6.46. The smallest absolute Gasteiger partial charge is 0.411 e. The van der Waals surface area contributed by atoms with Crippen molar-refractivity contribution in [3.8, 4) is 0 Å². The summed E-state index contributed by atoms with van der Waals surface area (Å²) in [6.07, 6.45) is -0.695. The molecule has 2 amide bonds. The molecule has 2 aromatic rings. The Morgan fingerprint density at radius 1 is 1.41 bits per heavy atom. The number of amides is 2. The van der Waals surface area contributed by atoms with E-state index < -0.39 is 12.0 Å². The molecule has 0 fully saturated rings. The van der Waals surface area contributed by atoms with Crippen molar-refractivity contribution in [3.05, 3.63) is 29.0 Å². The van der Waals surface area contributed by atoms with Gasteiger partial charge < -0.3 is 9.15 Å². The van der Waals surface area contributed by atoms with E-state index >= 15 is 0 Å². The number of hydroxylamine groups is 2. The molecule has 1 aromatic carbocycles. The predicted molar refractivity (Wildman–Crippen MR) is 81.0 cm³/mol. The molecule has 22 heavy (non-hydrogen) atoms. The van der Waals surface area contributed by atoms with Gasteiger partial charge in [0, 0.05) is 17.5 Å². The molecular weight excluding hydrogens is 312 g/mol. The highest BCUT2D eigenvalue weighted by molar-refractivity contribution is 6.31. The predicted octanol–water partition coefficient (Wildman–Crippen LogP) is 3.29. The third-order valence-corrected chi connectivity index (χ3v) is 3.14. The van der Waals surface area contributed by atoms with E-state index in [1.165, 1.54) is 14.2 Å². The van der Waals surface area contributed by atoms with Crippen LogP contribution in [0, 0.1) is 0 Å². The van der Waals surface area contributed by atoms with Crippen LogP contribution < -0.4 is 5.32 Å². The second kappa shape index (κ2) is 6.67. The topological polar surface area (TPSA) is 81.0 Å². The molecule has 0 atom stereocenters. The highest BCUT2D eigenvalue weighted by atomic mass is 35.5. The zero-order chi connectivity index (χ0) is 16.3. The fourth-order valence-corrected chi connectivity index (χ4v) is 2.01. The van der Waals surface area contributed by atoms with Gasteiger partial charge >= 0.3 is 12.0 Å². The third-order valence-electron chi connectivity index (χ3n) is 2.91. The molecule has 118 valence electrons. The summed E-state index contributed by atoms with van der Waals surface area (Å²) in [6.45, 7) is 1.87. The van der Waals surface area contributed by atoms with Crippen molar-refractivity contribution in [1.82, 2.24) is 5.06 Å². The minimum Gasteiger partial charge on any atom is -0.450 e. The monoisotopic (exact) mass is 326 g/mol. The summed E-state index contributed by atoms with van der Waals surface area (Å²) in [5.74, 6) is -0.628. The van der Waals surface area contributed by atoms with Crippen LogP contribution in [0.25, 0.3) is 11.0 Å². The van der Waals surface area contributed by atoms with Gasteiger partial charge in [-0.05, 0) is 25.1 Å². The van der Waals surface area contributed by atoms with Crippen molar-refractivity contribution >= 4 is 40.3 Å². The molecule has 0 aliphatic heterocycles. The number of carbonyl (C=O) groups is 2. The Kier molecular flexibility index (Phi) is 4.89. The van der Waals surface area contributed by atoms with Gasteiger partial charge in [-0.2, -0.15) is 0 Å². The fraction of sp³-hybridized carbons (Fsp3) is 0.286. The van der Waals surface area contributed by atoms with Crippen LogP contribution in [0.3, 0.4) is 0 Å². The van der Waals surface area contributed by atoms with Gasteiger partial charge in [0.25, 0.3) is 0 Å². The Morgan fingerprint density at radius 3 is 2.77 bits per heavy atom. The fourth-order valence-electron chi connectivity index (χ4n) is 1.84. The number of ether oxygens (including phenoxy) is 1. The number of furan rings is 1. The lowest BCUT2D eigenvalue weighted by molar-refractivity contribution is -0.0771. The van der Waals surface area contributed by atoms with Crippen molar-refractivity contribution in [3.63, 3.8) is 0 Å². The first-order chi connectivity index (χ1) is 10.5. The van der Waals surface area contributed by atoms with Crippen LogP contribution >= 0.6 is 11.6 Å². The molecular formula is C14H15ClN2O5. The van der Waals surface area contributed by atoms with Gasteiger partial charge in [0.15, 0.2) is 0 Å². The van der Waals surface area contributed by atoms with Crippen LogP contribution in [0.4, 0.5) is 10.5 Å². The number of anilines is 1. The van der Waals surface area contributed by atoms with E-state index in [1.54, 1.807) is 25.1 Å². The van der Waals surface area contributed by atoms with Crippen molar-refractivity contribution in [2.75, 3.05) is 26.1 Å². The summed E-state index contributed by atoms with van der Waals surface area (Å²) < 4.78 is 10.4. The number of halogens is 1. The number of fused-ring (bicyclic) bond motifs is 1. The summed E-state index contributed by atoms with van der Waals surface area (Å²) in [5, 5.41) is 4.42. The molecule has 0 aliphatic carbocycles. The second-order valence-corrected chi connectivity index (χ2v) is 4.71. The van der Waals surface area contributed by atoms with Crippen LogP contribution in [-0.4, -0.2) is 37.8 Å². The molecule has 0 bridgehead atoms. The molecule has 0 saturated heterocycles. The molecule has 0 radical (unpaired) electrons. The molecule has 0 unspecified atom stereocenters. The SMILES string of the molecule is CCOC(=O)Nc1c(C(=O)N(C)OC)oc2ccc(Cl)cc12. The first-order valence-corrected chi connectivity index (χ1v) is 6.83. The minimum atomic E-state index is -0.695. The summed E-state index contributed by atoms with van der Waals surface area (Å²) >= 11 is 5.96. The number of benzene rings is 1. The maximum absolute atomic E-state index is 12.3. The molecule has 0 aliphatic rings. The van der Waals surface area contributed by atoms with Crippen LogP contribution in [-0.2, 0) is 9.57 Å². The number of nitrogens with zero attached hydrogens (tertiary/aromatic N) is 1. The number of nitrogens with one attached hydrogen (secondary N) is 1. The lowest BCUT2D eigenvalue weighted by atomic mass is 10.2. The van der Waals surface area contributed by atoms with Crippen LogP contribution in [0.2, 0.25) is 5.02 Å². The molecule has 1 aromatic heterocycles. The van der Waals surface area contributed by atoms with Crippen LogP contribution in [0.5, 0.6) is 0 Å². The molecule has 0 spiro atoms. The van der Waals surface area contributed by atoms with Gasteiger partial charge in [-0.25, -0.2) is 9.86 Å². The maximum atomic E-state index is 12.3. The van der Waals surface area contributed by atoms with E-state index in [2.05, 4.69) is 5.32 Å². The largest absolute Gasteiger partial charge is 0.450 e. The van der Waals surface area contributed by atoms with Crippen molar-refractivity contribution in [1.29, 1.82) is 0 Å². The molecule has 2 rings (SSSR count). The first kappa shape index (κ1) is 16.1. The lowest BCUT2D eigenvalue weighted by Crippen LogP contribution is -2.26. The quantitative estimate of drug-likeness (QED) is 0.872. The van der Waals surface area contributed by atoms with Gasteiger partial charge in [0.05, 0.1) is 13.7 Å². The average Bonchev–Trinajstić information content (AvgIpc) is 2.84. The van der Waals surface area contributed by atoms with Crippen molar-refractivity contribution in [2.24, 2.45) is 0 Å². The molecule has 0 saturated carbocycles. The Labute approximate surface area is 131 Å². The second-order valence-electron chi connectivity index (χ2n) is 4.28. The maximum Gasteiger partial charge on any atom is 0.411 e. The van der Waals surface area contributed by atoms with E-state index in [9.17, 15) is 9.59 Å². The van der Waals surface area contributed by atoms with Gasteiger partial charge in [0.1, 0.15) is 11.3 Å². The number of hydrogen-bond acceptors (Lipinski definition) is 5. The van der Waals surface area contributed by atoms with E-state index in [1.807, 2.05) is 0 Å². The summed E-state index contributed by atoms with van der Waals surface area (Å²) in [7, 11) is 2.77. The minimum absolute atomic E-state index is 0.0744. The van der Waals surface area contributed by atoms with Gasteiger partial charge in [-0.15, -0.1) is 0 Å². The zero-order valence-corrected chi connectivity index (χ0v) is 13.1. The highest BCUT2D eigenvalue weighted by Crippen LogP contribution is 2.33. The highest BCUT2D eigenvalue weighted by Gasteiger charge is 2.25. The van der Waals surface area contributed by atoms with Gasteiger partial charge in [-0.3, -0.25) is 14.9 Å². The number of rotatable bonds is 4. The average molecular weight is 327 g/mol. The Bertz CT molecular complexity index is 713. The summed E-state index contributed by atoms with van der Waals surface area (Å²) in [4.78, 5) is 28.8. The normalized spacial score (nSPS) is 10.5.